The van der Waals surface area contributed by atoms with E-state index in [1.54, 1.807) is 11.8 Å². The van der Waals surface area contributed by atoms with Gasteiger partial charge in [-0.3, -0.25) is 9.69 Å². The van der Waals surface area contributed by atoms with Crippen LogP contribution in [0.4, 0.5) is 0 Å². The fourth-order valence-electron chi connectivity index (χ4n) is 2.01. The van der Waals surface area contributed by atoms with Gasteiger partial charge >= 0.3 is 0 Å². The Labute approximate surface area is 109 Å². The molecule has 1 aliphatic rings. The molecular weight excluding hydrogens is 234 g/mol. The zero-order valence-electron chi connectivity index (χ0n) is 11.2. The van der Waals surface area contributed by atoms with Crippen molar-refractivity contribution in [1.29, 1.82) is 0 Å². The molecule has 17 heavy (non-hydrogen) atoms. The van der Waals surface area contributed by atoms with Gasteiger partial charge in [-0.05, 0) is 26.0 Å². The molecule has 0 radical (unpaired) electrons. The first kappa shape index (κ1) is 14.8. The van der Waals surface area contributed by atoms with Gasteiger partial charge in [0.1, 0.15) is 0 Å². The van der Waals surface area contributed by atoms with Crippen molar-refractivity contribution in [1.82, 2.24) is 9.80 Å². The van der Waals surface area contributed by atoms with Gasteiger partial charge in [-0.2, -0.15) is 11.8 Å². The topological polar surface area (TPSA) is 49.6 Å². The molecule has 1 unspecified atom stereocenters. The quantitative estimate of drug-likeness (QED) is 0.786. The van der Waals surface area contributed by atoms with Gasteiger partial charge in [0.25, 0.3) is 0 Å². The van der Waals surface area contributed by atoms with Crippen LogP contribution in [0.3, 0.4) is 0 Å². The van der Waals surface area contributed by atoms with E-state index in [1.165, 1.54) is 0 Å². The highest BCUT2D eigenvalue weighted by Crippen LogP contribution is 2.09. The largest absolute Gasteiger partial charge is 0.341 e. The lowest BCUT2D eigenvalue weighted by Crippen LogP contribution is -2.47. The van der Waals surface area contributed by atoms with Crippen LogP contribution in [0, 0.1) is 0 Å². The normalized spacial score (nSPS) is 20.2. The molecule has 0 aromatic rings. The van der Waals surface area contributed by atoms with Crippen molar-refractivity contribution in [2.45, 2.75) is 31.8 Å². The first-order valence-electron chi connectivity index (χ1n) is 6.27. The Morgan fingerprint density at radius 2 is 2.12 bits per heavy atom. The molecule has 100 valence electrons. The molecule has 1 rings (SSSR count). The van der Waals surface area contributed by atoms with Gasteiger partial charge in [0, 0.05) is 38.0 Å². The molecule has 1 atom stereocenters. The van der Waals surface area contributed by atoms with E-state index in [-0.39, 0.29) is 5.91 Å². The monoisotopic (exact) mass is 259 g/mol. The molecule has 0 aromatic carbocycles. The number of likely N-dealkylation sites (tertiary alicyclic amines) is 1. The highest BCUT2D eigenvalue weighted by molar-refractivity contribution is 7.98. The lowest BCUT2D eigenvalue weighted by molar-refractivity contribution is -0.132. The predicted molar refractivity (Wildman–Crippen MR) is 74.3 cm³/mol. The SMILES string of the molecule is CSCC(C)N(C)C(=O)CN1CCC(N)CC1. The Hall–Kier alpha value is -0.260. The highest BCUT2D eigenvalue weighted by atomic mass is 32.2. The van der Waals surface area contributed by atoms with E-state index in [0.29, 0.717) is 18.6 Å². The van der Waals surface area contributed by atoms with Crippen LogP contribution in [0.1, 0.15) is 19.8 Å². The second-order valence-electron chi connectivity index (χ2n) is 4.92. The van der Waals surface area contributed by atoms with Crippen LogP contribution in [0.15, 0.2) is 0 Å². The summed E-state index contributed by atoms with van der Waals surface area (Å²) in [5.74, 6) is 1.22. The third-order valence-electron chi connectivity index (χ3n) is 3.45. The van der Waals surface area contributed by atoms with Crippen molar-refractivity contribution < 1.29 is 4.79 Å². The number of nitrogens with zero attached hydrogens (tertiary/aromatic N) is 2. The number of rotatable bonds is 5. The molecule has 1 fully saturated rings. The molecule has 1 amide bonds. The van der Waals surface area contributed by atoms with Crippen LogP contribution in [-0.4, -0.2) is 66.5 Å². The molecule has 4 nitrogen and oxygen atoms in total. The molecule has 0 aliphatic carbocycles. The van der Waals surface area contributed by atoms with Crippen LogP contribution in [-0.2, 0) is 4.79 Å². The smallest absolute Gasteiger partial charge is 0.236 e. The standard InChI is InChI=1S/C12H25N3OS/c1-10(9-17-3)14(2)12(16)8-15-6-4-11(13)5-7-15/h10-11H,4-9,13H2,1-3H3. The summed E-state index contributed by atoms with van der Waals surface area (Å²) in [6.45, 7) is 4.55. The van der Waals surface area contributed by atoms with Gasteiger partial charge in [-0.15, -0.1) is 0 Å². The molecule has 1 heterocycles. The molecule has 0 saturated carbocycles. The average Bonchev–Trinajstić information content (AvgIpc) is 2.31. The van der Waals surface area contributed by atoms with E-state index in [0.717, 1.165) is 31.7 Å². The number of thioether (sulfide) groups is 1. The minimum absolute atomic E-state index is 0.224. The highest BCUT2D eigenvalue weighted by Gasteiger charge is 2.21. The number of piperidine rings is 1. The van der Waals surface area contributed by atoms with E-state index in [4.69, 9.17) is 5.73 Å². The molecule has 1 aliphatic heterocycles. The van der Waals surface area contributed by atoms with Crippen LogP contribution < -0.4 is 5.73 Å². The summed E-state index contributed by atoms with van der Waals surface area (Å²) in [6.07, 6.45) is 4.09. The van der Waals surface area contributed by atoms with Crippen LogP contribution in [0.5, 0.6) is 0 Å². The Morgan fingerprint density at radius 3 is 2.65 bits per heavy atom. The van der Waals surface area contributed by atoms with Crippen LogP contribution in [0.2, 0.25) is 0 Å². The van der Waals surface area contributed by atoms with Gasteiger partial charge in [0.05, 0.1) is 6.54 Å². The number of amides is 1. The third-order valence-corrected chi connectivity index (χ3v) is 4.27. The maximum absolute atomic E-state index is 12.1. The van der Waals surface area contributed by atoms with E-state index in [1.807, 2.05) is 11.9 Å². The lowest BCUT2D eigenvalue weighted by atomic mass is 10.1. The summed E-state index contributed by atoms with van der Waals surface area (Å²) >= 11 is 1.78. The fourth-order valence-corrected chi connectivity index (χ4v) is 2.72. The number of likely N-dealkylation sites (N-methyl/N-ethyl adjacent to an activating group) is 1. The van der Waals surface area contributed by atoms with Gasteiger partial charge < -0.3 is 10.6 Å². The first-order valence-corrected chi connectivity index (χ1v) is 7.66. The van der Waals surface area contributed by atoms with E-state index in [2.05, 4.69) is 18.1 Å². The third kappa shape index (κ3) is 4.85. The van der Waals surface area contributed by atoms with Gasteiger partial charge in [0.15, 0.2) is 0 Å². The van der Waals surface area contributed by atoms with E-state index < -0.39 is 0 Å². The summed E-state index contributed by atoms with van der Waals surface area (Å²) in [5, 5.41) is 0. The molecular formula is C12H25N3OS. The van der Waals surface area contributed by atoms with Crippen LogP contribution >= 0.6 is 11.8 Å². The summed E-state index contributed by atoms with van der Waals surface area (Å²) < 4.78 is 0. The molecule has 0 aromatic heterocycles. The summed E-state index contributed by atoms with van der Waals surface area (Å²) in [5.41, 5.74) is 5.85. The zero-order valence-corrected chi connectivity index (χ0v) is 12.0. The van der Waals surface area contributed by atoms with Gasteiger partial charge in [0.2, 0.25) is 5.91 Å². The second kappa shape index (κ2) is 7.24. The Kier molecular flexibility index (Phi) is 6.30. The van der Waals surface area contributed by atoms with Crippen LogP contribution in [0.25, 0.3) is 0 Å². The van der Waals surface area contributed by atoms with E-state index >= 15 is 0 Å². The minimum Gasteiger partial charge on any atom is -0.341 e. The fraction of sp³-hybridized carbons (Fsp3) is 0.917. The minimum atomic E-state index is 0.224. The van der Waals surface area contributed by atoms with Crippen molar-refractivity contribution in [2.75, 3.05) is 38.7 Å². The molecule has 0 bridgehead atoms. The molecule has 0 spiro atoms. The average molecular weight is 259 g/mol. The number of hydrogen-bond acceptors (Lipinski definition) is 4. The van der Waals surface area contributed by atoms with Crippen molar-refractivity contribution in [3.63, 3.8) is 0 Å². The van der Waals surface area contributed by atoms with Gasteiger partial charge in [-0.25, -0.2) is 0 Å². The maximum atomic E-state index is 12.1. The molecule has 1 saturated heterocycles. The number of hydrogen-bond donors (Lipinski definition) is 1. The van der Waals surface area contributed by atoms with Crippen molar-refractivity contribution in [3.05, 3.63) is 0 Å². The van der Waals surface area contributed by atoms with E-state index in [9.17, 15) is 4.79 Å². The molecule has 2 N–H and O–H groups in total. The Morgan fingerprint density at radius 1 is 1.53 bits per heavy atom. The predicted octanol–water partition coefficient (Wildman–Crippen LogP) is 0.619. The number of carbonyl (C=O) groups is 1. The maximum Gasteiger partial charge on any atom is 0.236 e. The zero-order chi connectivity index (χ0) is 12.8. The Bertz CT molecular complexity index is 242. The molecule has 5 heteroatoms. The summed E-state index contributed by atoms with van der Waals surface area (Å²) in [4.78, 5) is 16.1. The second-order valence-corrected chi connectivity index (χ2v) is 5.83. The summed E-state index contributed by atoms with van der Waals surface area (Å²) in [7, 11) is 1.90. The van der Waals surface area contributed by atoms with Crippen molar-refractivity contribution in [3.8, 4) is 0 Å². The van der Waals surface area contributed by atoms with Crippen molar-refractivity contribution in [2.24, 2.45) is 5.73 Å². The number of nitrogens with two attached hydrogens (primary N) is 1. The van der Waals surface area contributed by atoms with Crippen molar-refractivity contribution >= 4 is 17.7 Å². The summed E-state index contributed by atoms with van der Waals surface area (Å²) in [6, 6.07) is 0.638. The van der Waals surface area contributed by atoms with Gasteiger partial charge in [-0.1, -0.05) is 0 Å². The number of carbonyl (C=O) groups excluding carboxylic acids is 1. The Balaban J connectivity index is 2.33. The lowest BCUT2D eigenvalue weighted by Gasteiger charge is -2.32. The first-order chi connectivity index (χ1) is 8.04.